The zero-order valence-electron chi connectivity index (χ0n) is 24.5. The van der Waals surface area contributed by atoms with Crippen LogP contribution in [0.5, 0.6) is 11.5 Å². The van der Waals surface area contributed by atoms with Gasteiger partial charge < -0.3 is 20.7 Å². The van der Waals surface area contributed by atoms with Crippen LogP contribution in [-0.2, 0) is 0 Å². The van der Waals surface area contributed by atoms with Crippen LogP contribution in [0.25, 0.3) is 10.2 Å². The Morgan fingerprint density at radius 1 is 1.16 bits per heavy atom. The van der Waals surface area contributed by atoms with Gasteiger partial charge in [0.05, 0.1) is 20.8 Å². The summed E-state index contributed by atoms with van der Waals surface area (Å²) in [6.45, 7) is 7.50. The number of carbonyl (C=O) groups excluding carboxylic acids is 1. The van der Waals surface area contributed by atoms with E-state index in [-0.39, 0.29) is 17.8 Å². The Bertz CT molecular complexity index is 1550. The van der Waals surface area contributed by atoms with E-state index in [4.69, 9.17) is 10.1 Å². The Balaban J connectivity index is 1.08. The summed E-state index contributed by atoms with van der Waals surface area (Å²) in [6.07, 6.45) is 14.7. The van der Waals surface area contributed by atoms with Crippen LogP contribution < -0.4 is 20.7 Å². The second kappa shape index (κ2) is 13.0. The van der Waals surface area contributed by atoms with Crippen molar-refractivity contribution < 1.29 is 13.9 Å². The molecule has 2 amide bonds. The predicted octanol–water partition coefficient (Wildman–Crippen LogP) is 6.85. The molecule has 1 spiro atoms. The highest BCUT2D eigenvalue weighted by Gasteiger charge is 2.35. The van der Waals surface area contributed by atoms with E-state index in [1.165, 1.54) is 54.7 Å². The van der Waals surface area contributed by atoms with Gasteiger partial charge in [0.15, 0.2) is 11.6 Å². The summed E-state index contributed by atoms with van der Waals surface area (Å²) in [7, 11) is 0. The number of fused-ring (bicyclic) bond motifs is 1. The first-order chi connectivity index (χ1) is 20.9. The average Bonchev–Trinajstić information content (AvgIpc) is 3.71. The molecular weight excluding hydrogens is 563 g/mol. The zero-order valence-corrected chi connectivity index (χ0v) is 25.4. The van der Waals surface area contributed by atoms with Crippen LogP contribution in [0, 0.1) is 16.6 Å². The van der Waals surface area contributed by atoms with E-state index >= 15 is 0 Å². The Hall–Kier alpha value is -3.60. The summed E-state index contributed by atoms with van der Waals surface area (Å²) in [4.78, 5) is 19.7. The van der Waals surface area contributed by atoms with E-state index in [9.17, 15) is 9.18 Å². The number of benzene rings is 1. The molecule has 3 fully saturated rings. The smallest absolute Gasteiger partial charge is 0.319 e. The van der Waals surface area contributed by atoms with Gasteiger partial charge in [0, 0.05) is 36.6 Å². The molecule has 4 heterocycles. The number of nitrogens with one attached hydrogen (secondary N) is 4. The van der Waals surface area contributed by atoms with Gasteiger partial charge in [-0.3, -0.25) is 15.3 Å². The van der Waals surface area contributed by atoms with Crippen molar-refractivity contribution >= 4 is 39.0 Å². The number of aromatic nitrogens is 1. The summed E-state index contributed by atoms with van der Waals surface area (Å²) in [5, 5.41) is 17.7. The lowest BCUT2D eigenvalue weighted by molar-refractivity contribution is 0.0793. The normalized spacial score (nSPS) is 19.2. The molecule has 0 unspecified atom stereocenters. The van der Waals surface area contributed by atoms with Crippen molar-refractivity contribution in [2.24, 2.45) is 5.41 Å². The summed E-state index contributed by atoms with van der Waals surface area (Å²) in [5.74, 6) is -0.0675. The molecule has 4 N–H and O–H groups in total. The molecule has 10 heteroatoms. The van der Waals surface area contributed by atoms with Crippen LogP contribution in [-0.4, -0.2) is 60.4 Å². The van der Waals surface area contributed by atoms with Crippen molar-refractivity contribution in [1.29, 1.82) is 5.41 Å². The van der Waals surface area contributed by atoms with E-state index in [2.05, 4.69) is 38.8 Å². The topological polar surface area (TPSA) is 102 Å². The minimum absolute atomic E-state index is 0.0482. The number of nitrogens with zero attached hydrogens (tertiary/aromatic N) is 2. The maximum absolute atomic E-state index is 14.9. The number of thiophene rings is 1. The minimum Gasteiger partial charge on any atom is -0.453 e. The standard InChI is InChI=1S/C33H39FN6O2S/c1-2-22(21-40-17-12-33(13-18-40)10-15-36-16-11-33)3-7-26(35)30-20-27-31(43-30)29(9-14-37-27)42-28-8-6-24(19-25(28)34)39-32(41)38-23-4-5-23/h2-3,6-9,14,19-20,23,35-36H,4-5,10-13,15-18,21H2,1H3,(H2,38,39,41)/b7-3-,22-2+,35-26?. The van der Waals surface area contributed by atoms with Gasteiger partial charge in [-0.25, -0.2) is 9.18 Å². The molecule has 43 heavy (non-hydrogen) atoms. The summed E-state index contributed by atoms with van der Waals surface area (Å²) in [5.41, 5.74) is 3.18. The largest absolute Gasteiger partial charge is 0.453 e. The van der Waals surface area contributed by atoms with Crippen LogP contribution >= 0.6 is 11.3 Å². The van der Waals surface area contributed by atoms with E-state index < -0.39 is 5.82 Å². The summed E-state index contributed by atoms with van der Waals surface area (Å²) in [6, 6.07) is 7.80. The lowest BCUT2D eigenvalue weighted by Gasteiger charge is -2.44. The molecule has 2 saturated heterocycles. The maximum atomic E-state index is 14.9. The van der Waals surface area contributed by atoms with Gasteiger partial charge >= 0.3 is 6.03 Å². The second-order valence-corrected chi connectivity index (χ2v) is 12.9. The Morgan fingerprint density at radius 3 is 2.67 bits per heavy atom. The number of halogens is 1. The van der Waals surface area contributed by atoms with Crippen LogP contribution in [0.1, 0.15) is 50.3 Å². The molecule has 8 nitrogen and oxygen atoms in total. The SMILES string of the molecule is C/C=C(\C=C/C(=N)c1cc2nccc(Oc3ccc(NC(=O)NC4CC4)cc3F)c2s1)CN1CCC2(CCNCC2)CC1. The first-order valence-electron chi connectivity index (χ1n) is 15.2. The average molecular weight is 603 g/mol. The van der Waals surface area contributed by atoms with Crippen LogP contribution in [0.4, 0.5) is 14.9 Å². The number of amides is 2. The lowest BCUT2D eigenvalue weighted by atomic mass is 9.71. The van der Waals surface area contributed by atoms with Crippen LogP contribution in [0.2, 0.25) is 0 Å². The first-order valence-corrected chi connectivity index (χ1v) is 16.0. The monoisotopic (exact) mass is 602 g/mol. The highest BCUT2D eigenvalue weighted by Crippen LogP contribution is 2.40. The number of piperidine rings is 2. The summed E-state index contributed by atoms with van der Waals surface area (Å²) >= 11 is 1.40. The number of anilines is 1. The molecule has 3 aromatic rings. The fourth-order valence-electron chi connectivity index (χ4n) is 5.90. The van der Waals surface area contributed by atoms with Crippen molar-refractivity contribution in [3.05, 3.63) is 71.0 Å². The number of ether oxygens (including phenoxy) is 1. The number of carbonyl (C=O) groups is 1. The van der Waals surface area contributed by atoms with Gasteiger partial charge in [0.25, 0.3) is 0 Å². The fourth-order valence-corrected chi connectivity index (χ4v) is 6.90. The molecule has 1 aromatic carbocycles. The number of hydrogen-bond donors (Lipinski definition) is 4. The first kappa shape index (κ1) is 29.5. The Kier molecular flexibility index (Phi) is 8.88. The lowest BCUT2D eigenvalue weighted by Crippen LogP contribution is -2.45. The molecule has 2 aromatic heterocycles. The van der Waals surface area contributed by atoms with Crippen molar-refractivity contribution in [3.8, 4) is 11.5 Å². The van der Waals surface area contributed by atoms with Gasteiger partial charge in [-0.1, -0.05) is 12.2 Å². The fraction of sp³-hybridized carbons (Fsp3) is 0.424. The molecule has 2 aliphatic heterocycles. The molecule has 226 valence electrons. The molecule has 0 radical (unpaired) electrons. The van der Waals surface area contributed by atoms with Crippen LogP contribution in [0.3, 0.4) is 0 Å². The third-order valence-electron chi connectivity index (χ3n) is 8.79. The summed E-state index contributed by atoms with van der Waals surface area (Å²) < 4.78 is 21.6. The van der Waals surface area contributed by atoms with Gasteiger partial charge in [-0.05, 0) is 107 Å². The molecule has 3 aliphatic rings. The Morgan fingerprint density at radius 2 is 1.95 bits per heavy atom. The van der Waals surface area contributed by atoms with Crippen molar-refractivity contribution in [1.82, 2.24) is 20.5 Å². The van der Waals surface area contributed by atoms with Gasteiger partial charge in [0.2, 0.25) is 0 Å². The molecule has 1 aliphatic carbocycles. The zero-order chi connectivity index (χ0) is 29.8. The molecule has 0 atom stereocenters. The highest BCUT2D eigenvalue weighted by atomic mass is 32.1. The Labute approximate surface area is 255 Å². The van der Waals surface area contributed by atoms with E-state index in [0.29, 0.717) is 28.1 Å². The van der Waals surface area contributed by atoms with Gasteiger partial charge in [-0.15, -0.1) is 11.3 Å². The van der Waals surface area contributed by atoms with Gasteiger partial charge in [-0.2, -0.15) is 0 Å². The third-order valence-corrected chi connectivity index (χ3v) is 9.96. The van der Waals surface area contributed by atoms with Gasteiger partial charge in [0.1, 0.15) is 5.75 Å². The van der Waals surface area contributed by atoms with Crippen molar-refractivity contribution in [2.75, 3.05) is 38.0 Å². The number of allylic oxidation sites excluding steroid dienone is 2. The molecule has 6 rings (SSSR count). The quantitative estimate of drug-likeness (QED) is 0.159. The maximum Gasteiger partial charge on any atom is 0.319 e. The highest BCUT2D eigenvalue weighted by molar-refractivity contribution is 7.21. The van der Waals surface area contributed by atoms with Crippen molar-refractivity contribution in [2.45, 2.75) is 51.5 Å². The van der Waals surface area contributed by atoms with E-state index in [0.717, 1.165) is 55.1 Å². The van der Waals surface area contributed by atoms with Crippen molar-refractivity contribution in [3.63, 3.8) is 0 Å². The number of rotatable bonds is 9. The van der Waals surface area contributed by atoms with Crippen LogP contribution in [0.15, 0.2) is 60.3 Å². The predicted molar refractivity (Wildman–Crippen MR) is 171 cm³/mol. The third kappa shape index (κ3) is 7.31. The molecular formula is C33H39FN6O2S. The molecule has 0 bridgehead atoms. The number of pyridine rings is 1. The molecule has 1 saturated carbocycles. The minimum atomic E-state index is -0.583. The van der Waals surface area contributed by atoms with E-state index in [1.54, 1.807) is 18.3 Å². The second-order valence-electron chi connectivity index (χ2n) is 11.9. The number of urea groups is 1. The number of likely N-dealkylation sites (tertiary alicyclic amines) is 1. The van der Waals surface area contributed by atoms with E-state index in [1.807, 2.05) is 18.2 Å². The number of hydrogen-bond acceptors (Lipinski definition) is 7.